The Labute approximate surface area is 115 Å². The molecule has 104 valence electrons. The fraction of sp³-hybridized carbons (Fsp3) is 0.846. The number of hydrogen-bond acceptors (Lipinski definition) is 3. The predicted molar refractivity (Wildman–Crippen MR) is 78.5 cm³/mol. The Kier molecular flexibility index (Phi) is 6.57. The summed E-state index contributed by atoms with van der Waals surface area (Å²) in [6, 6.07) is -0.130. The van der Waals surface area contributed by atoms with Gasteiger partial charge in [-0.05, 0) is 26.3 Å². The van der Waals surface area contributed by atoms with Crippen molar-refractivity contribution in [2.75, 3.05) is 26.2 Å². The summed E-state index contributed by atoms with van der Waals surface area (Å²) in [7, 11) is 0. The van der Waals surface area contributed by atoms with E-state index in [2.05, 4.69) is 0 Å². The Hall–Kier alpha value is -0.680. The minimum absolute atomic E-state index is 0.130. The second-order valence-corrected chi connectivity index (χ2v) is 5.47. The summed E-state index contributed by atoms with van der Waals surface area (Å²) in [4.78, 5) is 16.9. The number of carbonyl (C=O) groups excluding carboxylic acids is 1. The summed E-state index contributed by atoms with van der Waals surface area (Å²) in [5.74, 6) is 0.218. The van der Waals surface area contributed by atoms with Crippen molar-refractivity contribution in [1.29, 1.82) is 0 Å². The third-order valence-corrected chi connectivity index (χ3v) is 3.72. The van der Waals surface area contributed by atoms with Gasteiger partial charge in [-0.2, -0.15) is 0 Å². The molecule has 1 aliphatic heterocycles. The highest BCUT2D eigenvalue weighted by Crippen LogP contribution is 2.12. The molecule has 5 heteroatoms. The zero-order chi connectivity index (χ0) is 13.5. The van der Waals surface area contributed by atoms with Gasteiger partial charge in [0.1, 0.15) is 0 Å². The van der Waals surface area contributed by atoms with Crippen molar-refractivity contribution >= 4 is 23.1 Å². The van der Waals surface area contributed by atoms with E-state index in [0.717, 1.165) is 32.5 Å². The Balaban J connectivity index is 2.59. The van der Waals surface area contributed by atoms with E-state index >= 15 is 0 Å². The molecule has 0 spiro atoms. The lowest BCUT2D eigenvalue weighted by Gasteiger charge is -2.31. The molecule has 1 aliphatic rings. The maximum Gasteiger partial charge on any atom is 0.239 e. The van der Waals surface area contributed by atoms with Crippen LogP contribution < -0.4 is 5.73 Å². The van der Waals surface area contributed by atoms with E-state index in [9.17, 15) is 4.79 Å². The zero-order valence-electron chi connectivity index (χ0n) is 11.5. The number of likely N-dealkylation sites (tertiary alicyclic amines) is 1. The molecule has 1 atom stereocenters. The average molecular weight is 271 g/mol. The molecule has 0 aromatic carbocycles. The van der Waals surface area contributed by atoms with Crippen molar-refractivity contribution in [1.82, 2.24) is 9.80 Å². The lowest BCUT2D eigenvalue weighted by atomic mass is 10.2. The average Bonchev–Trinajstić information content (AvgIpc) is 2.62. The van der Waals surface area contributed by atoms with Crippen molar-refractivity contribution in [3.05, 3.63) is 0 Å². The van der Waals surface area contributed by atoms with Crippen LogP contribution in [0.25, 0.3) is 0 Å². The van der Waals surface area contributed by atoms with E-state index in [1.165, 1.54) is 12.8 Å². The molecule has 0 saturated carbocycles. The summed E-state index contributed by atoms with van der Waals surface area (Å²) in [5.41, 5.74) is 5.58. The normalized spacial score (nSPS) is 18.5. The number of likely N-dealkylation sites (N-methyl/N-ethyl adjacent to an activating group) is 1. The molecule has 1 rings (SSSR count). The van der Waals surface area contributed by atoms with Gasteiger partial charge in [0.2, 0.25) is 5.91 Å². The highest BCUT2D eigenvalue weighted by molar-refractivity contribution is 7.80. The van der Waals surface area contributed by atoms with Crippen LogP contribution in [-0.4, -0.2) is 52.9 Å². The van der Waals surface area contributed by atoms with Crippen LogP contribution in [0.2, 0.25) is 0 Å². The molecule has 0 radical (unpaired) electrons. The molecule has 1 amide bonds. The molecule has 0 bridgehead atoms. The van der Waals surface area contributed by atoms with E-state index in [0.29, 0.717) is 11.5 Å². The van der Waals surface area contributed by atoms with Crippen molar-refractivity contribution in [2.45, 2.75) is 45.6 Å². The molecule has 4 nitrogen and oxygen atoms in total. The highest BCUT2D eigenvalue weighted by Gasteiger charge is 2.25. The third kappa shape index (κ3) is 4.53. The van der Waals surface area contributed by atoms with E-state index < -0.39 is 0 Å². The Bertz CT molecular complexity index is 288. The largest absolute Gasteiger partial charge is 0.392 e. The van der Waals surface area contributed by atoms with Gasteiger partial charge in [0.05, 0.1) is 11.0 Å². The summed E-state index contributed by atoms with van der Waals surface area (Å²) < 4.78 is 0. The second kappa shape index (κ2) is 7.69. The van der Waals surface area contributed by atoms with Gasteiger partial charge in [0, 0.05) is 19.6 Å². The monoisotopic (exact) mass is 271 g/mol. The van der Waals surface area contributed by atoms with Gasteiger partial charge in [0.25, 0.3) is 0 Å². The fourth-order valence-corrected chi connectivity index (χ4v) is 2.60. The van der Waals surface area contributed by atoms with Gasteiger partial charge in [-0.15, -0.1) is 0 Å². The fourth-order valence-electron chi connectivity index (χ4n) is 2.43. The Morgan fingerprint density at radius 1 is 1.33 bits per heavy atom. The number of amides is 1. The number of nitrogens with two attached hydrogens (primary N) is 1. The van der Waals surface area contributed by atoms with Gasteiger partial charge in [-0.1, -0.05) is 32.0 Å². The first-order valence-corrected chi connectivity index (χ1v) is 7.28. The first-order chi connectivity index (χ1) is 8.56. The minimum Gasteiger partial charge on any atom is -0.392 e. The van der Waals surface area contributed by atoms with Gasteiger partial charge in [-0.25, -0.2) is 0 Å². The van der Waals surface area contributed by atoms with Crippen LogP contribution in [0.1, 0.15) is 39.5 Å². The van der Waals surface area contributed by atoms with Crippen molar-refractivity contribution < 1.29 is 4.79 Å². The van der Waals surface area contributed by atoms with Crippen LogP contribution in [-0.2, 0) is 4.79 Å². The van der Waals surface area contributed by atoms with Crippen molar-refractivity contribution in [3.63, 3.8) is 0 Å². The van der Waals surface area contributed by atoms with E-state index in [1.54, 1.807) is 0 Å². The topological polar surface area (TPSA) is 49.6 Å². The number of nitrogens with zero attached hydrogens (tertiary/aromatic N) is 2. The Morgan fingerprint density at radius 2 is 1.89 bits per heavy atom. The van der Waals surface area contributed by atoms with Gasteiger partial charge in [-0.3, -0.25) is 9.69 Å². The van der Waals surface area contributed by atoms with E-state index in [-0.39, 0.29) is 11.9 Å². The van der Waals surface area contributed by atoms with Crippen LogP contribution in [0.15, 0.2) is 0 Å². The second-order valence-electron chi connectivity index (χ2n) is 4.94. The first-order valence-electron chi connectivity index (χ1n) is 6.87. The number of thiocarbonyl (C=S) groups is 1. The maximum absolute atomic E-state index is 12.4. The zero-order valence-corrected chi connectivity index (χ0v) is 12.3. The van der Waals surface area contributed by atoms with E-state index in [4.69, 9.17) is 18.0 Å². The van der Waals surface area contributed by atoms with Crippen LogP contribution in [0.4, 0.5) is 0 Å². The maximum atomic E-state index is 12.4. The summed E-state index contributed by atoms with van der Waals surface area (Å²) in [6.45, 7) is 7.09. The Morgan fingerprint density at radius 3 is 2.33 bits per heavy atom. The van der Waals surface area contributed by atoms with Crippen molar-refractivity contribution in [3.8, 4) is 0 Å². The quantitative estimate of drug-likeness (QED) is 0.768. The highest BCUT2D eigenvalue weighted by atomic mass is 32.1. The standard InChI is InChI=1S/C13H25N3OS/c1-3-15(10-12(14)18)11(2)13(17)16-8-6-4-5-7-9-16/h11H,3-10H2,1-2H3,(H2,14,18). The lowest BCUT2D eigenvalue weighted by molar-refractivity contribution is -0.136. The lowest BCUT2D eigenvalue weighted by Crippen LogP contribution is -2.49. The summed E-state index contributed by atoms with van der Waals surface area (Å²) in [6.07, 6.45) is 4.73. The smallest absolute Gasteiger partial charge is 0.239 e. The predicted octanol–water partition coefficient (Wildman–Crippen LogP) is 1.39. The van der Waals surface area contributed by atoms with Crippen LogP contribution >= 0.6 is 12.2 Å². The van der Waals surface area contributed by atoms with E-state index in [1.807, 2.05) is 23.6 Å². The molecule has 1 heterocycles. The van der Waals surface area contributed by atoms with Crippen molar-refractivity contribution in [2.24, 2.45) is 5.73 Å². The number of rotatable bonds is 5. The van der Waals surface area contributed by atoms with Crippen LogP contribution in [0.5, 0.6) is 0 Å². The molecule has 0 aliphatic carbocycles. The molecule has 18 heavy (non-hydrogen) atoms. The molecular weight excluding hydrogens is 246 g/mol. The number of hydrogen-bond donors (Lipinski definition) is 1. The summed E-state index contributed by atoms with van der Waals surface area (Å²) in [5, 5.41) is 0. The molecule has 1 fully saturated rings. The summed E-state index contributed by atoms with van der Waals surface area (Å²) >= 11 is 4.93. The van der Waals surface area contributed by atoms with Crippen LogP contribution in [0.3, 0.4) is 0 Å². The number of carbonyl (C=O) groups is 1. The SMILES string of the molecule is CCN(CC(N)=S)C(C)C(=O)N1CCCCCC1. The first kappa shape index (κ1) is 15.4. The third-order valence-electron chi connectivity index (χ3n) is 3.59. The molecule has 0 aromatic rings. The molecule has 2 N–H and O–H groups in total. The minimum atomic E-state index is -0.130. The molecule has 1 unspecified atom stereocenters. The van der Waals surface area contributed by atoms with Gasteiger partial charge < -0.3 is 10.6 Å². The molecule has 0 aromatic heterocycles. The van der Waals surface area contributed by atoms with Gasteiger partial charge >= 0.3 is 0 Å². The molecule has 1 saturated heterocycles. The van der Waals surface area contributed by atoms with Crippen LogP contribution in [0, 0.1) is 0 Å². The van der Waals surface area contributed by atoms with Gasteiger partial charge in [0.15, 0.2) is 0 Å². The molecular formula is C13H25N3OS.